The molecule has 25 heavy (non-hydrogen) atoms. The third-order valence-electron chi connectivity index (χ3n) is 3.99. The maximum absolute atomic E-state index is 12.9. The number of anilines is 2. The van der Waals surface area contributed by atoms with Gasteiger partial charge in [0.2, 0.25) is 5.91 Å². The molecule has 3 rings (SSSR count). The first-order valence-electron chi connectivity index (χ1n) is 8.16. The van der Waals surface area contributed by atoms with Gasteiger partial charge in [0.15, 0.2) is 6.10 Å². The van der Waals surface area contributed by atoms with Crippen molar-refractivity contribution in [3.8, 4) is 5.75 Å². The lowest BCUT2D eigenvalue weighted by molar-refractivity contribution is -0.122. The fourth-order valence-corrected chi connectivity index (χ4v) is 2.69. The number of amides is 2. The summed E-state index contributed by atoms with van der Waals surface area (Å²) < 4.78 is 18.4. The molecular formula is C19H19FN2O3. The number of hydrogen-bond donors (Lipinski definition) is 1. The van der Waals surface area contributed by atoms with E-state index in [-0.39, 0.29) is 17.6 Å². The van der Waals surface area contributed by atoms with E-state index in [1.807, 2.05) is 6.07 Å². The van der Waals surface area contributed by atoms with Crippen LogP contribution in [-0.4, -0.2) is 24.5 Å². The van der Waals surface area contributed by atoms with Crippen LogP contribution in [0.4, 0.5) is 15.8 Å². The molecule has 0 spiro atoms. The lowest BCUT2D eigenvalue weighted by Gasteiger charge is -2.18. The number of carbonyl (C=O) groups is 2. The Bertz CT molecular complexity index is 776. The normalized spacial score (nSPS) is 15.1. The Balaban J connectivity index is 1.64. The van der Waals surface area contributed by atoms with Gasteiger partial charge in [-0.25, -0.2) is 4.39 Å². The second-order valence-electron chi connectivity index (χ2n) is 5.90. The maximum atomic E-state index is 12.9. The number of carbonyl (C=O) groups excluding carboxylic acids is 2. The van der Waals surface area contributed by atoms with Crippen molar-refractivity contribution in [1.82, 2.24) is 0 Å². The summed E-state index contributed by atoms with van der Waals surface area (Å²) in [6.07, 6.45) is 0.652. The highest BCUT2D eigenvalue weighted by atomic mass is 19.1. The zero-order chi connectivity index (χ0) is 17.8. The molecule has 0 bridgehead atoms. The zero-order valence-corrected chi connectivity index (χ0v) is 13.9. The monoisotopic (exact) mass is 342 g/mol. The summed E-state index contributed by atoms with van der Waals surface area (Å²) in [6, 6.07) is 12.7. The smallest absolute Gasteiger partial charge is 0.265 e. The molecule has 1 saturated heterocycles. The summed E-state index contributed by atoms with van der Waals surface area (Å²) in [4.78, 5) is 25.8. The molecule has 1 N–H and O–H groups in total. The van der Waals surface area contributed by atoms with E-state index < -0.39 is 6.10 Å². The summed E-state index contributed by atoms with van der Waals surface area (Å²) >= 11 is 0. The van der Waals surface area contributed by atoms with Crippen LogP contribution in [0.25, 0.3) is 0 Å². The molecule has 2 aromatic rings. The van der Waals surface area contributed by atoms with Gasteiger partial charge < -0.3 is 15.0 Å². The van der Waals surface area contributed by atoms with Gasteiger partial charge in [0.25, 0.3) is 5.91 Å². The molecule has 0 saturated carbocycles. The van der Waals surface area contributed by atoms with E-state index >= 15 is 0 Å². The molecule has 1 atom stereocenters. The van der Waals surface area contributed by atoms with Crippen molar-refractivity contribution in [2.75, 3.05) is 16.8 Å². The highest BCUT2D eigenvalue weighted by Crippen LogP contribution is 2.24. The van der Waals surface area contributed by atoms with Gasteiger partial charge in [0.05, 0.1) is 0 Å². The highest BCUT2D eigenvalue weighted by molar-refractivity contribution is 5.97. The molecule has 0 radical (unpaired) electrons. The van der Waals surface area contributed by atoms with Crippen molar-refractivity contribution in [2.45, 2.75) is 25.9 Å². The molecule has 5 nitrogen and oxygen atoms in total. The van der Waals surface area contributed by atoms with Crippen LogP contribution in [0.1, 0.15) is 19.8 Å². The van der Waals surface area contributed by atoms with E-state index in [2.05, 4.69) is 5.32 Å². The number of nitrogens with zero attached hydrogens (tertiary/aromatic N) is 1. The number of halogens is 1. The number of hydrogen-bond acceptors (Lipinski definition) is 3. The van der Waals surface area contributed by atoms with Crippen molar-refractivity contribution >= 4 is 23.2 Å². The van der Waals surface area contributed by atoms with Gasteiger partial charge in [0, 0.05) is 24.3 Å². The average molecular weight is 342 g/mol. The molecule has 1 aliphatic rings. The van der Waals surface area contributed by atoms with Crippen LogP contribution < -0.4 is 15.0 Å². The topological polar surface area (TPSA) is 58.6 Å². The number of benzene rings is 2. The summed E-state index contributed by atoms with van der Waals surface area (Å²) in [6.45, 7) is 2.31. The Kier molecular flexibility index (Phi) is 4.97. The lowest BCUT2D eigenvalue weighted by atomic mass is 10.2. The molecule has 2 amide bonds. The van der Waals surface area contributed by atoms with Gasteiger partial charge in [-0.05, 0) is 55.8 Å². The van der Waals surface area contributed by atoms with Crippen LogP contribution in [0.2, 0.25) is 0 Å². The predicted octanol–water partition coefficient (Wildman–Crippen LogP) is 3.36. The van der Waals surface area contributed by atoms with Crippen molar-refractivity contribution in [3.63, 3.8) is 0 Å². The van der Waals surface area contributed by atoms with Crippen molar-refractivity contribution in [2.24, 2.45) is 0 Å². The van der Waals surface area contributed by atoms with Gasteiger partial charge in [-0.2, -0.15) is 0 Å². The molecule has 6 heteroatoms. The molecule has 0 unspecified atom stereocenters. The second kappa shape index (κ2) is 7.34. The molecule has 1 aliphatic heterocycles. The highest BCUT2D eigenvalue weighted by Gasteiger charge is 2.22. The van der Waals surface area contributed by atoms with Crippen LogP contribution in [0.15, 0.2) is 48.5 Å². The van der Waals surface area contributed by atoms with Crippen molar-refractivity contribution in [1.29, 1.82) is 0 Å². The molecular weight excluding hydrogens is 323 g/mol. The Labute approximate surface area is 145 Å². The van der Waals surface area contributed by atoms with E-state index in [9.17, 15) is 14.0 Å². The van der Waals surface area contributed by atoms with Crippen molar-refractivity contribution in [3.05, 3.63) is 54.3 Å². The van der Waals surface area contributed by atoms with E-state index in [4.69, 9.17) is 4.74 Å². The molecule has 0 aliphatic carbocycles. The number of nitrogens with one attached hydrogen (secondary N) is 1. The summed E-state index contributed by atoms with van der Waals surface area (Å²) in [5.74, 6) is -0.177. The molecule has 2 aromatic carbocycles. The molecule has 0 aromatic heterocycles. The minimum absolute atomic E-state index is 0.0940. The summed E-state index contributed by atoms with van der Waals surface area (Å²) in [5, 5.41) is 2.78. The second-order valence-corrected chi connectivity index (χ2v) is 5.90. The predicted molar refractivity (Wildman–Crippen MR) is 93.1 cm³/mol. The van der Waals surface area contributed by atoms with E-state index in [1.54, 1.807) is 30.0 Å². The first kappa shape index (κ1) is 17.0. The van der Waals surface area contributed by atoms with Crippen LogP contribution in [0, 0.1) is 5.82 Å². The summed E-state index contributed by atoms with van der Waals surface area (Å²) in [5.41, 5.74) is 1.36. The Morgan fingerprint density at radius 1 is 1.24 bits per heavy atom. The van der Waals surface area contributed by atoms with Gasteiger partial charge >= 0.3 is 0 Å². The third kappa shape index (κ3) is 4.15. The lowest BCUT2D eigenvalue weighted by Crippen LogP contribution is -2.30. The van der Waals surface area contributed by atoms with Gasteiger partial charge in [-0.15, -0.1) is 0 Å². The van der Waals surface area contributed by atoms with Gasteiger partial charge in [-0.1, -0.05) is 6.07 Å². The maximum Gasteiger partial charge on any atom is 0.265 e. The first-order valence-corrected chi connectivity index (χ1v) is 8.16. The number of rotatable bonds is 5. The van der Waals surface area contributed by atoms with Crippen molar-refractivity contribution < 1.29 is 18.7 Å². The fraction of sp³-hybridized carbons (Fsp3) is 0.263. The quantitative estimate of drug-likeness (QED) is 0.906. The molecule has 1 fully saturated rings. The Hall–Kier alpha value is -2.89. The van der Waals surface area contributed by atoms with Crippen LogP contribution in [0.3, 0.4) is 0 Å². The van der Waals surface area contributed by atoms with E-state index in [0.29, 0.717) is 24.4 Å². The van der Waals surface area contributed by atoms with Crippen LogP contribution in [-0.2, 0) is 9.59 Å². The minimum atomic E-state index is -0.748. The van der Waals surface area contributed by atoms with Crippen LogP contribution >= 0.6 is 0 Å². The standard InChI is InChI=1S/C19H19FN2O3/c1-13(25-17-9-7-14(20)8-10-17)19(24)21-15-4-2-5-16(12-15)22-11-3-6-18(22)23/h2,4-5,7-10,12-13H,3,6,11H2,1H3,(H,21,24)/t13-/m1/s1. The minimum Gasteiger partial charge on any atom is -0.481 e. The first-order chi connectivity index (χ1) is 12.0. The molecule has 130 valence electrons. The number of ether oxygens (including phenoxy) is 1. The SMILES string of the molecule is C[C@@H](Oc1ccc(F)cc1)C(=O)Nc1cccc(N2CCCC2=O)c1. The third-order valence-corrected chi connectivity index (χ3v) is 3.99. The summed E-state index contributed by atoms with van der Waals surface area (Å²) in [7, 11) is 0. The zero-order valence-electron chi connectivity index (χ0n) is 13.9. The van der Waals surface area contributed by atoms with Gasteiger partial charge in [-0.3, -0.25) is 9.59 Å². The fourth-order valence-electron chi connectivity index (χ4n) is 2.69. The van der Waals surface area contributed by atoms with Crippen LogP contribution in [0.5, 0.6) is 5.75 Å². The Morgan fingerprint density at radius 2 is 2.00 bits per heavy atom. The average Bonchev–Trinajstić information content (AvgIpc) is 3.03. The van der Waals surface area contributed by atoms with E-state index in [0.717, 1.165) is 12.1 Å². The van der Waals surface area contributed by atoms with E-state index in [1.165, 1.54) is 24.3 Å². The largest absolute Gasteiger partial charge is 0.481 e. The van der Waals surface area contributed by atoms with Gasteiger partial charge in [0.1, 0.15) is 11.6 Å². The molecule has 1 heterocycles. The Morgan fingerprint density at radius 3 is 2.68 bits per heavy atom.